The fourth-order valence-corrected chi connectivity index (χ4v) is 3.58. The second-order valence-electron chi connectivity index (χ2n) is 7.37. The van der Waals surface area contributed by atoms with Crippen LogP contribution in [-0.2, 0) is 15.9 Å². The van der Waals surface area contributed by atoms with Crippen LogP contribution in [0.15, 0.2) is 66.7 Å². The minimum atomic E-state index is -0.537. The first-order valence-electron chi connectivity index (χ1n) is 9.85. The standard InChI is InChI=1S/C25H21NO5/c1-15-7-9-16(10-8-15)22-14-18-13-17(11-12-19(18)25(29)31-22)23(27)26-21-6-4-3-5-20(21)24(28)30-2/h3-13,22H,14H2,1-2H3,(H,26,27)/t22-/m1/s1. The number of carbonyl (C=O) groups excluding carboxylic acids is 3. The minimum absolute atomic E-state index is 0.263. The quantitative estimate of drug-likeness (QED) is 0.635. The number of aryl methyl sites for hydroxylation is 1. The summed E-state index contributed by atoms with van der Waals surface area (Å²) in [7, 11) is 1.29. The fourth-order valence-electron chi connectivity index (χ4n) is 3.58. The zero-order chi connectivity index (χ0) is 22.0. The predicted molar refractivity (Wildman–Crippen MR) is 115 cm³/mol. The number of rotatable bonds is 4. The Morgan fingerprint density at radius 3 is 2.52 bits per heavy atom. The molecule has 0 saturated carbocycles. The average Bonchev–Trinajstić information content (AvgIpc) is 2.79. The first-order chi connectivity index (χ1) is 15.0. The van der Waals surface area contributed by atoms with Gasteiger partial charge in [-0.25, -0.2) is 9.59 Å². The van der Waals surface area contributed by atoms with Crippen LogP contribution in [0.3, 0.4) is 0 Å². The van der Waals surface area contributed by atoms with Gasteiger partial charge in [-0.3, -0.25) is 4.79 Å². The third-order valence-corrected chi connectivity index (χ3v) is 5.27. The number of anilines is 1. The smallest absolute Gasteiger partial charge is 0.339 e. The summed E-state index contributed by atoms with van der Waals surface area (Å²) in [6, 6.07) is 19.3. The van der Waals surface area contributed by atoms with Crippen molar-refractivity contribution in [2.24, 2.45) is 0 Å². The maximum Gasteiger partial charge on any atom is 0.339 e. The highest BCUT2D eigenvalue weighted by atomic mass is 16.5. The molecule has 0 unspecified atom stereocenters. The molecule has 0 spiro atoms. The maximum absolute atomic E-state index is 12.9. The van der Waals surface area contributed by atoms with Gasteiger partial charge in [0.1, 0.15) is 6.10 Å². The van der Waals surface area contributed by atoms with Gasteiger partial charge in [-0.05, 0) is 48.4 Å². The molecule has 0 saturated heterocycles. The molecule has 4 rings (SSSR count). The number of ether oxygens (including phenoxy) is 2. The van der Waals surface area contributed by atoms with Gasteiger partial charge in [0.25, 0.3) is 5.91 Å². The SMILES string of the molecule is COC(=O)c1ccccc1NC(=O)c1ccc2c(c1)C[C@H](c1ccc(C)cc1)OC2=O. The molecule has 1 aliphatic rings. The van der Waals surface area contributed by atoms with Crippen LogP contribution in [0.2, 0.25) is 0 Å². The molecule has 6 nitrogen and oxygen atoms in total. The van der Waals surface area contributed by atoms with Crippen molar-refractivity contribution < 1.29 is 23.9 Å². The van der Waals surface area contributed by atoms with Crippen molar-refractivity contribution in [2.45, 2.75) is 19.4 Å². The molecular weight excluding hydrogens is 394 g/mol. The highest BCUT2D eigenvalue weighted by molar-refractivity contribution is 6.08. The van der Waals surface area contributed by atoms with E-state index in [1.807, 2.05) is 31.2 Å². The van der Waals surface area contributed by atoms with Crippen molar-refractivity contribution in [2.75, 3.05) is 12.4 Å². The van der Waals surface area contributed by atoms with Crippen LogP contribution < -0.4 is 5.32 Å². The van der Waals surface area contributed by atoms with Crippen LogP contribution >= 0.6 is 0 Å². The highest BCUT2D eigenvalue weighted by Gasteiger charge is 2.28. The van der Waals surface area contributed by atoms with Gasteiger partial charge in [0.05, 0.1) is 23.9 Å². The number of esters is 2. The van der Waals surface area contributed by atoms with E-state index in [0.29, 0.717) is 23.2 Å². The Kier molecular flexibility index (Phi) is 5.54. The highest BCUT2D eigenvalue weighted by Crippen LogP contribution is 2.31. The van der Waals surface area contributed by atoms with E-state index < -0.39 is 18.0 Å². The number of benzene rings is 3. The molecule has 1 atom stereocenters. The number of nitrogens with one attached hydrogen (secondary N) is 1. The summed E-state index contributed by atoms with van der Waals surface area (Å²) >= 11 is 0. The van der Waals surface area contributed by atoms with Gasteiger partial charge in [0, 0.05) is 12.0 Å². The van der Waals surface area contributed by atoms with E-state index in [0.717, 1.165) is 16.7 Å². The first kappa shape index (κ1) is 20.3. The van der Waals surface area contributed by atoms with Crippen molar-refractivity contribution in [1.29, 1.82) is 0 Å². The molecular formula is C25H21NO5. The molecule has 0 bridgehead atoms. The van der Waals surface area contributed by atoms with Gasteiger partial charge < -0.3 is 14.8 Å². The topological polar surface area (TPSA) is 81.7 Å². The largest absolute Gasteiger partial charge is 0.465 e. The van der Waals surface area contributed by atoms with Crippen LogP contribution in [0.5, 0.6) is 0 Å². The summed E-state index contributed by atoms with van der Waals surface area (Å²) in [5.74, 6) is -1.33. The number of cyclic esters (lactones) is 1. The van der Waals surface area contributed by atoms with E-state index in [1.54, 1.807) is 42.5 Å². The molecule has 3 aromatic carbocycles. The summed E-state index contributed by atoms with van der Waals surface area (Å²) in [5.41, 5.74) is 4.23. The Labute approximate surface area is 179 Å². The predicted octanol–water partition coefficient (Wildman–Crippen LogP) is 4.49. The van der Waals surface area contributed by atoms with Crippen LogP contribution in [0.1, 0.15) is 53.9 Å². The lowest BCUT2D eigenvalue weighted by molar-refractivity contribution is 0.0252. The van der Waals surface area contributed by atoms with E-state index in [1.165, 1.54) is 7.11 Å². The van der Waals surface area contributed by atoms with Crippen molar-refractivity contribution in [3.63, 3.8) is 0 Å². The van der Waals surface area contributed by atoms with Gasteiger partial charge in [-0.2, -0.15) is 0 Å². The minimum Gasteiger partial charge on any atom is -0.465 e. The molecule has 1 N–H and O–H groups in total. The van der Waals surface area contributed by atoms with E-state index in [9.17, 15) is 14.4 Å². The van der Waals surface area contributed by atoms with Crippen LogP contribution in [0, 0.1) is 6.92 Å². The molecule has 1 aliphatic heterocycles. The van der Waals surface area contributed by atoms with Gasteiger partial charge in [-0.15, -0.1) is 0 Å². The number of fused-ring (bicyclic) bond motifs is 1. The van der Waals surface area contributed by atoms with Gasteiger partial charge >= 0.3 is 11.9 Å². The van der Waals surface area contributed by atoms with Gasteiger partial charge in [-0.1, -0.05) is 42.0 Å². The van der Waals surface area contributed by atoms with E-state index in [-0.39, 0.29) is 11.5 Å². The summed E-state index contributed by atoms with van der Waals surface area (Å²) in [6.45, 7) is 2.00. The molecule has 0 aliphatic carbocycles. The Bertz CT molecular complexity index is 1170. The Hall–Kier alpha value is -3.93. The molecule has 156 valence electrons. The molecule has 1 amide bonds. The summed E-state index contributed by atoms with van der Waals surface area (Å²) < 4.78 is 10.4. The zero-order valence-corrected chi connectivity index (χ0v) is 17.2. The number of amides is 1. The van der Waals surface area contributed by atoms with Crippen LogP contribution in [0.4, 0.5) is 5.69 Å². The lowest BCUT2D eigenvalue weighted by Gasteiger charge is -2.25. The van der Waals surface area contributed by atoms with E-state index in [4.69, 9.17) is 9.47 Å². The monoisotopic (exact) mass is 415 g/mol. The Balaban J connectivity index is 1.59. The van der Waals surface area contributed by atoms with Crippen LogP contribution in [0.25, 0.3) is 0 Å². The normalized spacial score (nSPS) is 14.9. The third kappa shape index (κ3) is 4.19. The molecule has 0 radical (unpaired) electrons. The van der Waals surface area contributed by atoms with E-state index >= 15 is 0 Å². The summed E-state index contributed by atoms with van der Waals surface area (Å²) in [4.78, 5) is 37.3. The number of carbonyl (C=O) groups is 3. The number of hydrogen-bond acceptors (Lipinski definition) is 5. The summed E-state index contributed by atoms with van der Waals surface area (Å²) in [6.07, 6.45) is 0.0725. The Morgan fingerprint density at radius 2 is 1.77 bits per heavy atom. The van der Waals surface area contributed by atoms with Crippen molar-refractivity contribution >= 4 is 23.5 Å². The number of hydrogen-bond donors (Lipinski definition) is 1. The first-order valence-corrected chi connectivity index (χ1v) is 9.85. The Morgan fingerprint density at radius 1 is 1.03 bits per heavy atom. The van der Waals surface area contributed by atoms with Crippen molar-refractivity contribution in [3.8, 4) is 0 Å². The lowest BCUT2D eigenvalue weighted by Crippen LogP contribution is -2.23. The lowest BCUT2D eigenvalue weighted by atomic mass is 9.92. The number of para-hydroxylation sites is 1. The second kappa shape index (κ2) is 8.44. The molecule has 0 aromatic heterocycles. The van der Waals surface area contributed by atoms with Gasteiger partial charge in [0.15, 0.2) is 0 Å². The fraction of sp³-hybridized carbons (Fsp3) is 0.160. The van der Waals surface area contributed by atoms with Crippen molar-refractivity contribution in [1.82, 2.24) is 0 Å². The molecule has 3 aromatic rings. The third-order valence-electron chi connectivity index (χ3n) is 5.27. The molecule has 31 heavy (non-hydrogen) atoms. The molecule has 6 heteroatoms. The number of methoxy groups -OCH3 is 1. The van der Waals surface area contributed by atoms with E-state index in [2.05, 4.69) is 5.32 Å². The van der Waals surface area contributed by atoms with Gasteiger partial charge in [0.2, 0.25) is 0 Å². The zero-order valence-electron chi connectivity index (χ0n) is 17.2. The molecule has 0 fully saturated rings. The van der Waals surface area contributed by atoms with Crippen molar-refractivity contribution in [3.05, 3.63) is 100 Å². The van der Waals surface area contributed by atoms with Crippen LogP contribution in [-0.4, -0.2) is 25.0 Å². The second-order valence-corrected chi connectivity index (χ2v) is 7.37. The molecule has 1 heterocycles. The average molecular weight is 415 g/mol. The summed E-state index contributed by atoms with van der Waals surface area (Å²) in [5, 5.41) is 2.75. The maximum atomic E-state index is 12.9.